The number of nitrogens with one attached hydrogen (secondary N) is 4. The molecule has 14 nitrogen and oxygen atoms in total. The van der Waals surface area contributed by atoms with Crippen molar-refractivity contribution >= 4 is 40.3 Å². The number of carbonyl (C=O) groups is 4. The number of amides is 4. The van der Waals surface area contributed by atoms with Crippen molar-refractivity contribution in [1.82, 2.24) is 25.5 Å². The molecule has 49 heavy (non-hydrogen) atoms. The maximum Gasteiger partial charge on any atom is 0.261 e. The molecule has 7 N–H and O–H groups in total. The van der Waals surface area contributed by atoms with Crippen molar-refractivity contribution in [2.24, 2.45) is 5.73 Å². The van der Waals surface area contributed by atoms with E-state index in [-0.39, 0.29) is 60.9 Å². The van der Waals surface area contributed by atoms with Crippen molar-refractivity contribution in [3.63, 3.8) is 0 Å². The standard InChI is InChI=1S/C35H39N7O7/c1-3-42-18-27(31(45)25-10-4-20(2)38-32(25)42)34(47)39-22-7-11-29-26(17-22)33(46)37-15-13-30(44)41-28(12-14-36)35(48)40-23(19-49-29)16-21-5-8-24(43)9-6-21/h4-11,17-18,23,28,43H,3,12-16,19,36H2,1-2H3,(H,37,46)(H,39,47)(H,40,48)(H,41,44)/t23-,28+/m0/s1. The molecule has 1 aliphatic rings. The fourth-order valence-corrected chi connectivity index (χ4v) is 5.52. The van der Waals surface area contributed by atoms with Crippen LogP contribution in [0.3, 0.4) is 0 Å². The van der Waals surface area contributed by atoms with E-state index in [1.807, 2.05) is 13.8 Å². The van der Waals surface area contributed by atoms with E-state index in [4.69, 9.17) is 10.5 Å². The Morgan fingerprint density at radius 2 is 1.86 bits per heavy atom. The lowest BCUT2D eigenvalue weighted by atomic mass is 10.0. The normalized spacial score (nSPS) is 17.2. The van der Waals surface area contributed by atoms with Gasteiger partial charge in [-0.3, -0.25) is 24.0 Å². The van der Waals surface area contributed by atoms with Gasteiger partial charge in [-0.15, -0.1) is 0 Å². The van der Waals surface area contributed by atoms with E-state index in [0.29, 0.717) is 24.0 Å². The van der Waals surface area contributed by atoms with E-state index in [0.717, 1.165) is 11.3 Å². The molecular formula is C35H39N7O7. The third-order valence-corrected chi connectivity index (χ3v) is 8.08. The van der Waals surface area contributed by atoms with Crippen molar-refractivity contribution in [2.75, 3.05) is 25.0 Å². The van der Waals surface area contributed by atoms with Gasteiger partial charge in [0.2, 0.25) is 17.2 Å². The van der Waals surface area contributed by atoms with Crippen molar-refractivity contribution in [3.05, 3.63) is 93.4 Å². The Hall–Kier alpha value is -5.76. The van der Waals surface area contributed by atoms with Crippen molar-refractivity contribution in [3.8, 4) is 11.5 Å². The Kier molecular flexibility index (Phi) is 10.9. The topological polar surface area (TPSA) is 207 Å². The molecule has 5 rings (SSSR count). The molecule has 2 aromatic carbocycles. The monoisotopic (exact) mass is 669 g/mol. The first kappa shape index (κ1) is 34.6. The fraction of sp³-hybridized carbons (Fsp3) is 0.314. The summed E-state index contributed by atoms with van der Waals surface area (Å²) in [7, 11) is 0. The van der Waals surface area contributed by atoms with Gasteiger partial charge in [0, 0.05) is 37.1 Å². The molecule has 0 bridgehead atoms. The molecule has 2 atom stereocenters. The molecule has 0 radical (unpaired) electrons. The lowest BCUT2D eigenvalue weighted by Gasteiger charge is -2.25. The number of anilines is 1. The number of nitrogens with zero attached hydrogens (tertiary/aromatic N) is 2. The maximum absolute atomic E-state index is 13.4. The summed E-state index contributed by atoms with van der Waals surface area (Å²) >= 11 is 0. The third kappa shape index (κ3) is 8.40. The Balaban J connectivity index is 1.44. The number of rotatable bonds is 7. The molecular weight excluding hydrogens is 630 g/mol. The molecule has 3 heterocycles. The van der Waals surface area contributed by atoms with Crippen molar-refractivity contribution in [2.45, 2.75) is 51.7 Å². The van der Waals surface area contributed by atoms with Crippen LogP contribution in [0.15, 0.2) is 65.6 Å². The summed E-state index contributed by atoms with van der Waals surface area (Å²) < 4.78 is 7.85. The summed E-state index contributed by atoms with van der Waals surface area (Å²) in [5.41, 5.74) is 7.45. The van der Waals surface area contributed by atoms with E-state index >= 15 is 0 Å². The zero-order chi connectivity index (χ0) is 35.1. The quantitative estimate of drug-likeness (QED) is 0.169. The maximum atomic E-state index is 13.4. The Morgan fingerprint density at radius 1 is 1.08 bits per heavy atom. The molecule has 4 amide bonds. The van der Waals surface area contributed by atoms with E-state index in [1.165, 1.54) is 36.5 Å². The number of phenolic OH excluding ortho intramolecular Hbond substituents is 1. The SMILES string of the molecule is CCn1cc(C(=O)Nc2ccc3c(c2)C(=O)NCCC(=O)N[C@H](CCN)C(=O)N[C@@H](Cc2ccc(O)cc2)CO3)c(=O)c2ccc(C)nc21. The first-order valence-corrected chi connectivity index (χ1v) is 16.0. The van der Waals surface area contributed by atoms with Gasteiger partial charge in [-0.25, -0.2) is 4.98 Å². The highest BCUT2D eigenvalue weighted by Gasteiger charge is 2.25. The first-order valence-electron chi connectivity index (χ1n) is 16.0. The summed E-state index contributed by atoms with van der Waals surface area (Å²) in [5, 5.41) is 21.1. The van der Waals surface area contributed by atoms with Gasteiger partial charge >= 0.3 is 0 Å². The summed E-state index contributed by atoms with van der Waals surface area (Å²) in [6.07, 6.45) is 1.87. The largest absolute Gasteiger partial charge is 0.508 e. The molecule has 0 spiro atoms. The van der Waals surface area contributed by atoms with Gasteiger partial charge in [0.25, 0.3) is 11.8 Å². The number of benzene rings is 2. The van der Waals surface area contributed by atoms with E-state index < -0.39 is 41.1 Å². The number of hydrogen-bond acceptors (Lipinski definition) is 9. The minimum absolute atomic E-state index is 0.0394. The molecule has 256 valence electrons. The van der Waals surface area contributed by atoms with Crippen LogP contribution in [0.2, 0.25) is 0 Å². The average molecular weight is 670 g/mol. The second kappa shape index (κ2) is 15.4. The second-order valence-corrected chi connectivity index (χ2v) is 11.7. The third-order valence-electron chi connectivity index (χ3n) is 8.08. The van der Waals surface area contributed by atoms with Crippen LogP contribution < -0.4 is 37.2 Å². The molecule has 0 saturated carbocycles. The lowest BCUT2D eigenvalue weighted by Crippen LogP contribution is -2.52. The molecule has 1 aliphatic heterocycles. The smallest absolute Gasteiger partial charge is 0.261 e. The number of aromatic nitrogens is 2. The van der Waals surface area contributed by atoms with Crippen LogP contribution in [-0.4, -0.2) is 70.1 Å². The minimum atomic E-state index is -0.888. The predicted molar refractivity (Wildman–Crippen MR) is 183 cm³/mol. The Morgan fingerprint density at radius 3 is 2.59 bits per heavy atom. The zero-order valence-electron chi connectivity index (χ0n) is 27.2. The average Bonchev–Trinajstić information content (AvgIpc) is 3.08. The van der Waals surface area contributed by atoms with Gasteiger partial charge in [-0.05, 0) is 81.3 Å². The van der Waals surface area contributed by atoms with Crippen LogP contribution in [0.25, 0.3) is 11.0 Å². The fourth-order valence-electron chi connectivity index (χ4n) is 5.52. The van der Waals surface area contributed by atoms with Crippen LogP contribution >= 0.6 is 0 Å². The molecule has 0 saturated heterocycles. The van der Waals surface area contributed by atoms with Crippen molar-refractivity contribution < 1.29 is 29.0 Å². The van der Waals surface area contributed by atoms with E-state index in [2.05, 4.69) is 26.3 Å². The second-order valence-electron chi connectivity index (χ2n) is 11.7. The van der Waals surface area contributed by atoms with Gasteiger partial charge in [0.1, 0.15) is 35.4 Å². The number of hydrogen-bond donors (Lipinski definition) is 6. The number of phenols is 1. The molecule has 2 aromatic heterocycles. The number of carbonyl (C=O) groups excluding carboxylic acids is 4. The van der Waals surface area contributed by atoms with E-state index in [1.54, 1.807) is 28.8 Å². The van der Waals surface area contributed by atoms with Gasteiger partial charge < -0.3 is 41.4 Å². The predicted octanol–water partition coefficient (Wildman–Crippen LogP) is 1.76. The molecule has 4 aromatic rings. The molecule has 0 unspecified atom stereocenters. The summed E-state index contributed by atoms with van der Waals surface area (Å²) in [6.45, 7) is 4.23. The van der Waals surface area contributed by atoms with E-state index in [9.17, 15) is 29.1 Å². The first-order chi connectivity index (χ1) is 23.6. The Bertz CT molecular complexity index is 1940. The van der Waals surface area contributed by atoms with Gasteiger partial charge in [-0.1, -0.05) is 12.1 Å². The molecule has 0 fully saturated rings. The number of ether oxygens (including phenoxy) is 1. The summed E-state index contributed by atoms with van der Waals surface area (Å²) in [6, 6.07) is 12.8. The minimum Gasteiger partial charge on any atom is -0.508 e. The number of aryl methyl sites for hydroxylation is 2. The highest BCUT2D eigenvalue weighted by Crippen LogP contribution is 2.25. The molecule has 14 heteroatoms. The van der Waals surface area contributed by atoms with Gasteiger partial charge in [-0.2, -0.15) is 0 Å². The molecule has 0 aliphatic carbocycles. The van der Waals surface area contributed by atoms with Gasteiger partial charge in [0.05, 0.1) is 17.0 Å². The number of nitrogens with two attached hydrogens (primary N) is 1. The highest BCUT2D eigenvalue weighted by molar-refractivity contribution is 6.06. The number of aromatic hydroxyl groups is 1. The van der Waals surface area contributed by atoms with Gasteiger partial charge in [0.15, 0.2) is 0 Å². The zero-order valence-corrected chi connectivity index (χ0v) is 27.2. The Labute approximate surface area is 282 Å². The number of pyridine rings is 2. The lowest BCUT2D eigenvalue weighted by molar-refractivity contribution is -0.129. The summed E-state index contributed by atoms with van der Waals surface area (Å²) in [5.74, 6) is -1.86. The van der Waals surface area contributed by atoms with Crippen molar-refractivity contribution in [1.29, 1.82) is 0 Å². The van der Waals surface area contributed by atoms with Crippen LogP contribution in [0, 0.1) is 6.92 Å². The van der Waals surface area contributed by atoms with Crippen LogP contribution in [0.5, 0.6) is 11.5 Å². The number of fused-ring (bicyclic) bond motifs is 2. The highest BCUT2D eigenvalue weighted by atomic mass is 16.5. The summed E-state index contributed by atoms with van der Waals surface area (Å²) in [4.78, 5) is 70.6. The van der Waals surface area contributed by atoms with Crippen LogP contribution in [-0.2, 0) is 22.6 Å². The van der Waals surface area contributed by atoms with Crippen LogP contribution in [0.1, 0.15) is 51.7 Å². The van der Waals surface area contributed by atoms with Crippen LogP contribution in [0.4, 0.5) is 5.69 Å².